The molecule has 3 nitrogen and oxygen atoms in total. The molecule has 0 aromatic heterocycles. The average molecular weight is 126 g/mol. The lowest BCUT2D eigenvalue weighted by Crippen LogP contribution is -2.12. The molecule has 0 aromatic rings. The molecule has 0 aliphatic rings. The van der Waals surface area contributed by atoms with Crippen molar-refractivity contribution in [1.82, 2.24) is 0 Å². The first-order valence-electron chi connectivity index (χ1n) is 2.53. The smallest absolute Gasteiger partial charge is 0.169 e. The highest BCUT2D eigenvalue weighted by molar-refractivity contribution is 5.98. The van der Waals surface area contributed by atoms with Gasteiger partial charge in [-0.25, -0.2) is 0 Å². The van der Waals surface area contributed by atoms with Crippen LogP contribution in [0.15, 0.2) is 29.5 Å². The zero-order valence-corrected chi connectivity index (χ0v) is 5.33. The summed E-state index contributed by atoms with van der Waals surface area (Å²) >= 11 is 0. The van der Waals surface area contributed by atoms with Gasteiger partial charge in [0.05, 0.1) is 0 Å². The largest absolute Gasteiger partial charge is 0.409 e. The lowest BCUT2D eigenvalue weighted by Gasteiger charge is -1.94. The molecule has 0 spiro atoms. The van der Waals surface area contributed by atoms with Gasteiger partial charge in [-0.2, -0.15) is 0 Å². The van der Waals surface area contributed by atoms with Crippen LogP contribution in [-0.4, -0.2) is 11.0 Å². The second-order valence-corrected chi connectivity index (χ2v) is 1.43. The third-order valence-electron chi connectivity index (χ3n) is 0.934. The van der Waals surface area contributed by atoms with E-state index < -0.39 is 0 Å². The molecule has 3 heteroatoms. The Bertz CT molecular complexity index is 158. The average Bonchev–Trinajstić information content (AvgIpc) is 1.90. The van der Waals surface area contributed by atoms with Crippen LogP contribution in [0, 0.1) is 0 Å². The maximum atomic E-state index is 8.14. The molecule has 0 aliphatic carbocycles. The Labute approximate surface area is 54.2 Å². The van der Waals surface area contributed by atoms with Crippen LogP contribution in [0.3, 0.4) is 0 Å². The fourth-order valence-corrected chi connectivity index (χ4v) is 0.428. The van der Waals surface area contributed by atoms with Gasteiger partial charge < -0.3 is 10.9 Å². The minimum Gasteiger partial charge on any atom is -0.409 e. The predicted octanol–water partition coefficient (Wildman–Crippen LogP) is 0.865. The molecule has 0 rings (SSSR count). The van der Waals surface area contributed by atoms with Crippen molar-refractivity contribution in [3.63, 3.8) is 0 Å². The maximum Gasteiger partial charge on any atom is 0.169 e. The fourth-order valence-electron chi connectivity index (χ4n) is 0.428. The van der Waals surface area contributed by atoms with Crippen molar-refractivity contribution in [2.75, 3.05) is 0 Å². The Morgan fingerprint density at radius 1 is 1.78 bits per heavy atom. The van der Waals surface area contributed by atoms with E-state index in [9.17, 15) is 0 Å². The minimum absolute atomic E-state index is 0.0903. The second kappa shape index (κ2) is 3.72. The second-order valence-electron chi connectivity index (χ2n) is 1.43. The number of hydrogen-bond donors (Lipinski definition) is 2. The van der Waals surface area contributed by atoms with Crippen LogP contribution in [-0.2, 0) is 0 Å². The van der Waals surface area contributed by atoms with Crippen molar-refractivity contribution in [3.05, 3.63) is 24.3 Å². The summed E-state index contributed by atoms with van der Waals surface area (Å²) in [6, 6.07) is 0. The van der Waals surface area contributed by atoms with Crippen LogP contribution >= 0.6 is 0 Å². The van der Waals surface area contributed by atoms with Gasteiger partial charge in [0, 0.05) is 5.57 Å². The Kier molecular flexibility index (Phi) is 3.20. The van der Waals surface area contributed by atoms with Crippen LogP contribution in [0.1, 0.15) is 6.92 Å². The summed E-state index contributed by atoms with van der Waals surface area (Å²) in [5.41, 5.74) is 5.84. The Morgan fingerprint density at radius 2 is 2.33 bits per heavy atom. The predicted molar refractivity (Wildman–Crippen MR) is 37.4 cm³/mol. The number of hydrogen-bond acceptors (Lipinski definition) is 2. The first kappa shape index (κ1) is 7.75. The fraction of sp³-hybridized carbons (Fsp3) is 0.167. The van der Waals surface area contributed by atoms with E-state index in [4.69, 9.17) is 10.9 Å². The monoisotopic (exact) mass is 126 g/mol. The molecule has 50 valence electrons. The normalized spacial score (nSPS) is 13.4. The molecule has 0 unspecified atom stereocenters. The summed E-state index contributed by atoms with van der Waals surface area (Å²) in [6.07, 6.45) is 3.23. The van der Waals surface area contributed by atoms with Crippen molar-refractivity contribution < 1.29 is 5.21 Å². The molecule has 0 amide bonds. The molecule has 0 radical (unpaired) electrons. The first-order chi connectivity index (χ1) is 4.26. The Morgan fingerprint density at radius 3 is 2.44 bits per heavy atom. The first-order valence-corrected chi connectivity index (χ1v) is 2.53. The summed E-state index contributed by atoms with van der Waals surface area (Å²) in [4.78, 5) is 0. The number of amidine groups is 1. The van der Waals surface area contributed by atoms with Crippen molar-refractivity contribution in [2.24, 2.45) is 10.9 Å². The molecular formula is C6H10N2O. The molecule has 0 bridgehead atoms. The zero-order chi connectivity index (χ0) is 7.28. The van der Waals surface area contributed by atoms with E-state index in [0.717, 1.165) is 0 Å². The van der Waals surface area contributed by atoms with E-state index in [-0.39, 0.29) is 5.84 Å². The summed E-state index contributed by atoms with van der Waals surface area (Å²) < 4.78 is 0. The van der Waals surface area contributed by atoms with Gasteiger partial charge in [-0.15, -0.1) is 0 Å². The molecule has 9 heavy (non-hydrogen) atoms. The highest BCUT2D eigenvalue weighted by Gasteiger charge is 1.93. The SMILES string of the molecule is C=CC(=C\C)/C(N)=N/O. The Balaban J connectivity index is 4.32. The quantitative estimate of drug-likeness (QED) is 0.189. The van der Waals surface area contributed by atoms with E-state index >= 15 is 0 Å². The van der Waals surface area contributed by atoms with Gasteiger partial charge in [-0.1, -0.05) is 23.9 Å². The lowest BCUT2D eigenvalue weighted by molar-refractivity contribution is 0.318. The third-order valence-corrected chi connectivity index (χ3v) is 0.934. The standard InChI is InChI=1S/C6H10N2O/c1-3-5(4-2)6(7)8-9/h3-4,9H,1H2,2H3,(H2,7,8)/b5-4+. The summed E-state index contributed by atoms with van der Waals surface area (Å²) in [6.45, 7) is 5.25. The minimum atomic E-state index is 0.0903. The van der Waals surface area contributed by atoms with Crippen LogP contribution in [0.5, 0.6) is 0 Å². The summed E-state index contributed by atoms with van der Waals surface area (Å²) in [7, 11) is 0. The number of oxime groups is 1. The molecule has 0 saturated carbocycles. The van der Waals surface area contributed by atoms with Crippen molar-refractivity contribution in [3.8, 4) is 0 Å². The van der Waals surface area contributed by atoms with Gasteiger partial charge in [-0.05, 0) is 6.92 Å². The summed E-state index contributed by atoms with van der Waals surface area (Å²) in [5.74, 6) is 0.0903. The van der Waals surface area contributed by atoms with E-state index in [1.165, 1.54) is 6.08 Å². The molecule has 0 aliphatic heterocycles. The van der Waals surface area contributed by atoms with Gasteiger partial charge in [0.15, 0.2) is 5.84 Å². The van der Waals surface area contributed by atoms with E-state index in [1.54, 1.807) is 13.0 Å². The zero-order valence-electron chi connectivity index (χ0n) is 5.33. The number of nitrogens with two attached hydrogens (primary N) is 1. The molecule has 0 fully saturated rings. The van der Waals surface area contributed by atoms with Crippen LogP contribution in [0.25, 0.3) is 0 Å². The van der Waals surface area contributed by atoms with E-state index in [2.05, 4.69) is 11.7 Å². The molecule has 0 aromatic carbocycles. The molecule has 0 atom stereocenters. The number of allylic oxidation sites excluding steroid dienone is 1. The Hall–Kier alpha value is -1.25. The maximum absolute atomic E-state index is 8.14. The van der Waals surface area contributed by atoms with Crippen molar-refractivity contribution in [1.29, 1.82) is 0 Å². The lowest BCUT2D eigenvalue weighted by atomic mass is 10.2. The van der Waals surface area contributed by atoms with Gasteiger partial charge >= 0.3 is 0 Å². The van der Waals surface area contributed by atoms with E-state index in [1.807, 2.05) is 0 Å². The van der Waals surface area contributed by atoms with Gasteiger partial charge in [0.1, 0.15) is 0 Å². The number of rotatable bonds is 2. The van der Waals surface area contributed by atoms with E-state index in [0.29, 0.717) is 5.57 Å². The van der Waals surface area contributed by atoms with Gasteiger partial charge in [-0.3, -0.25) is 0 Å². The molecule has 3 N–H and O–H groups in total. The van der Waals surface area contributed by atoms with Gasteiger partial charge in [0.25, 0.3) is 0 Å². The van der Waals surface area contributed by atoms with Crippen molar-refractivity contribution >= 4 is 5.84 Å². The molecule has 0 heterocycles. The topological polar surface area (TPSA) is 58.6 Å². The van der Waals surface area contributed by atoms with Crippen LogP contribution in [0.4, 0.5) is 0 Å². The van der Waals surface area contributed by atoms with Crippen LogP contribution in [0.2, 0.25) is 0 Å². The van der Waals surface area contributed by atoms with Crippen LogP contribution < -0.4 is 5.73 Å². The van der Waals surface area contributed by atoms with Gasteiger partial charge in [0.2, 0.25) is 0 Å². The highest BCUT2D eigenvalue weighted by atomic mass is 16.4. The molecule has 0 saturated heterocycles. The van der Waals surface area contributed by atoms with Crippen molar-refractivity contribution in [2.45, 2.75) is 6.92 Å². The summed E-state index contributed by atoms with van der Waals surface area (Å²) in [5, 5.41) is 10.9. The number of nitrogens with zero attached hydrogens (tertiary/aromatic N) is 1. The highest BCUT2D eigenvalue weighted by Crippen LogP contribution is 1.93. The molecular weight excluding hydrogens is 116 g/mol. The third kappa shape index (κ3) is 1.99.